The van der Waals surface area contributed by atoms with Crippen molar-refractivity contribution in [2.45, 2.75) is 46.2 Å². The van der Waals surface area contributed by atoms with Crippen molar-refractivity contribution in [2.24, 2.45) is 5.92 Å². The maximum atomic E-state index is 6.39. The van der Waals surface area contributed by atoms with Gasteiger partial charge in [-0.1, -0.05) is 37.9 Å². The van der Waals surface area contributed by atoms with Crippen molar-refractivity contribution in [2.75, 3.05) is 18.0 Å². The summed E-state index contributed by atoms with van der Waals surface area (Å²) in [6.07, 6.45) is 1.21. The fourth-order valence-corrected chi connectivity index (χ4v) is 2.96. The van der Waals surface area contributed by atoms with E-state index in [4.69, 9.17) is 11.6 Å². The largest absolute Gasteiger partial charge is 0.365 e. The van der Waals surface area contributed by atoms with Gasteiger partial charge in [0.15, 0.2) is 0 Å². The molecule has 0 bridgehead atoms. The minimum absolute atomic E-state index is 0.486. The summed E-state index contributed by atoms with van der Waals surface area (Å²) in [6, 6.07) is 7.33. The molecule has 1 aromatic rings. The molecule has 1 saturated heterocycles. The molecule has 0 radical (unpaired) electrons. The molecule has 2 nitrogen and oxygen atoms in total. The smallest absolute Gasteiger partial charge is 0.0639 e. The van der Waals surface area contributed by atoms with Crippen molar-refractivity contribution in [3.63, 3.8) is 0 Å². The van der Waals surface area contributed by atoms with Crippen LogP contribution in [0.3, 0.4) is 0 Å². The zero-order valence-electron chi connectivity index (χ0n) is 12.4. The van der Waals surface area contributed by atoms with Crippen LogP contribution in [0, 0.1) is 12.8 Å². The van der Waals surface area contributed by atoms with Crippen molar-refractivity contribution in [3.8, 4) is 0 Å². The number of halogens is 1. The van der Waals surface area contributed by atoms with E-state index in [1.165, 1.54) is 17.7 Å². The Bertz CT molecular complexity index is 433. The first-order valence-electron chi connectivity index (χ1n) is 7.29. The van der Waals surface area contributed by atoms with Gasteiger partial charge in [-0.25, -0.2) is 0 Å². The Labute approximate surface area is 122 Å². The number of aryl methyl sites for hydroxylation is 1. The normalized spacial score (nSPS) is 25.4. The maximum Gasteiger partial charge on any atom is 0.0639 e. The molecule has 3 unspecified atom stereocenters. The van der Waals surface area contributed by atoms with E-state index in [1.807, 2.05) is 6.07 Å². The van der Waals surface area contributed by atoms with Crippen LogP contribution in [-0.2, 0) is 0 Å². The average Bonchev–Trinajstić information content (AvgIpc) is 2.41. The summed E-state index contributed by atoms with van der Waals surface area (Å²) in [5, 5.41) is 4.53. The number of anilines is 1. The predicted molar refractivity (Wildman–Crippen MR) is 84.2 cm³/mol. The lowest BCUT2D eigenvalue weighted by molar-refractivity contribution is 0.316. The molecule has 1 aromatic carbocycles. The second kappa shape index (κ2) is 6.15. The standard InChI is InChI=1S/C16H25ClN2/c1-5-12(3)15-10-19(13(4)9-18-15)16-8-11(2)6-7-14(16)17/h6-8,12-13,15,18H,5,9-10H2,1-4H3. The van der Waals surface area contributed by atoms with E-state index in [2.05, 4.69) is 50.0 Å². The van der Waals surface area contributed by atoms with Gasteiger partial charge >= 0.3 is 0 Å². The van der Waals surface area contributed by atoms with Gasteiger partial charge in [0.2, 0.25) is 0 Å². The fraction of sp³-hybridized carbons (Fsp3) is 0.625. The molecule has 3 heteroatoms. The van der Waals surface area contributed by atoms with Crippen LogP contribution >= 0.6 is 11.6 Å². The molecule has 0 saturated carbocycles. The lowest BCUT2D eigenvalue weighted by atomic mass is 9.95. The second-order valence-electron chi connectivity index (χ2n) is 5.86. The molecule has 1 fully saturated rings. The molecule has 1 aliphatic heterocycles. The third-order valence-electron chi connectivity index (χ3n) is 4.34. The minimum atomic E-state index is 0.486. The Kier molecular flexibility index (Phi) is 4.75. The molecule has 3 atom stereocenters. The molecule has 0 spiro atoms. The van der Waals surface area contributed by atoms with Gasteiger partial charge in [0, 0.05) is 25.2 Å². The highest BCUT2D eigenvalue weighted by Crippen LogP contribution is 2.30. The molecule has 1 N–H and O–H groups in total. The highest BCUT2D eigenvalue weighted by Gasteiger charge is 2.28. The van der Waals surface area contributed by atoms with Crippen molar-refractivity contribution in [3.05, 3.63) is 28.8 Å². The molecule has 19 heavy (non-hydrogen) atoms. The van der Waals surface area contributed by atoms with E-state index in [0.29, 0.717) is 18.0 Å². The number of nitrogens with zero attached hydrogens (tertiary/aromatic N) is 1. The molecule has 0 aromatic heterocycles. The molecule has 106 valence electrons. The zero-order chi connectivity index (χ0) is 14.0. The summed E-state index contributed by atoms with van der Waals surface area (Å²) in [5.41, 5.74) is 2.45. The molecular formula is C16H25ClN2. The third kappa shape index (κ3) is 3.24. The lowest BCUT2D eigenvalue weighted by Crippen LogP contribution is -2.57. The number of hydrogen-bond acceptors (Lipinski definition) is 2. The van der Waals surface area contributed by atoms with E-state index in [0.717, 1.165) is 18.1 Å². The molecule has 1 aliphatic rings. The lowest BCUT2D eigenvalue weighted by Gasteiger charge is -2.42. The maximum absolute atomic E-state index is 6.39. The number of nitrogens with one attached hydrogen (secondary N) is 1. The third-order valence-corrected chi connectivity index (χ3v) is 4.66. The average molecular weight is 281 g/mol. The Morgan fingerprint density at radius 1 is 1.47 bits per heavy atom. The summed E-state index contributed by atoms with van der Waals surface area (Å²) >= 11 is 6.39. The molecular weight excluding hydrogens is 256 g/mol. The van der Waals surface area contributed by atoms with Crippen LogP contribution in [-0.4, -0.2) is 25.2 Å². The van der Waals surface area contributed by atoms with E-state index in [9.17, 15) is 0 Å². The Morgan fingerprint density at radius 2 is 2.21 bits per heavy atom. The van der Waals surface area contributed by atoms with Crippen LogP contribution in [0.25, 0.3) is 0 Å². The monoisotopic (exact) mass is 280 g/mol. The molecule has 0 aliphatic carbocycles. The number of rotatable bonds is 3. The van der Waals surface area contributed by atoms with Gasteiger partial charge in [0.25, 0.3) is 0 Å². The summed E-state index contributed by atoms with van der Waals surface area (Å²) in [4.78, 5) is 2.46. The SMILES string of the molecule is CCC(C)C1CN(c2cc(C)ccc2Cl)C(C)CN1. The van der Waals surface area contributed by atoms with Gasteiger partial charge in [-0.3, -0.25) is 0 Å². The van der Waals surface area contributed by atoms with Crippen LogP contribution in [0.5, 0.6) is 0 Å². The van der Waals surface area contributed by atoms with Gasteiger partial charge in [-0.05, 0) is 37.5 Å². The first-order chi connectivity index (χ1) is 9.02. The summed E-state index contributed by atoms with van der Waals surface area (Å²) < 4.78 is 0. The quantitative estimate of drug-likeness (QED) is 0.904. The summed E-state index contributed by atoms with van der Waals surface area (Å²) in [7, 11) is 0. The van der Waals surface area contributed by atoms with Crippen LogP contribution in [0.2, 0.25) is 5.02 Å². The van der Waals surface area contributed by atoms with Gasteiger partial charge in [0.1, 0.15) is 0 Å². The first kappa shape index (κ1) is 14.7. The van der Waals surface area contributed by atoms with E-state index < -0.39 is 0 Å². The summed E-state index contributed by atoms with van der Waals surface area (Å²) in [5.74, 6) is 0.693. The van der Waals surface area contributed by atoms with Crippen molar-refractivity contribution >= 4 is 17.3 Å². The van der Waals surface area contributed by atoms with Crippen molar-refractivity contribution in [1.29, 1.82) is 0 Å². The van der Waals surface area contributed by atoms with E-state index in [1.54, 1.807) is 0 Å². The van der Waals surface area contributed by atoms with Crippen molar-refractivity contribution in [1.82, 2.24) is 5.32 Å². The molecule has 1 heterocycles. The highest BCUT2D eigenvalue weighted by molar-refractivity contribution is 6.33. The van der Waals surface area contributed by atoms with Gasteiger partial charge < -0.3 is 10.2 Å². The number of benzene rings is 1. The van der Waals surface area contributed by atoms with E-state index >= 15 is 0 Å². The Hall–Kier alpha value is -0.730. The van der Waals surface area contributed by atoms with Crippen LogP contribution in [0.4, 0.5) is 5.69 Å². The fourth-order valence-electron chi connectivity index (χ4n) is 2.73. The van der Waals surface area contributed by atoms with Crippen LogP contribution < -0.4 is 10.2 Å². The summed E-state index contributed by atoms with van der Waals surface area (Å²) in [6.45, 7) is 11.0. The molecule has 0 amide bonds. The first-order valence-corrected chi connectivity index (χ1v) is 7.67. The number of piperazine rings is 1. The predicted octanol–water partition coefficient (Wildman–Crippen LogP) is 3.86. The van der Waals surface area contributed by atoms with Crippen molar-refractivity contribution < 1.29 is 0 Å². The molecule has 2 rings (SSSR count). The minimum Gasteiger partial charge on any atom is -0.365 e. The topological polar surface area (TPSA) is 15.3 Å². The number of hydrogen-bond donors (Lipinski definition) is 1. The zero-order valence-corrected chi connectivity index (χ0v) is 13.2. The second-order valence-corrected chi connectivity index (χ2v) is 6.26. The van der Waals surface area contributed by atoms with Gasteiger partial charge in [-0.2, -0.15) is 0 Å². The van der Waals surface area contributed by atoms with Crippen LogP contribution in [0.1, 0.15) is 32.8 Å². The van der Waals surface area contributed by atoms with E-state index in [-0.39, 0.29) is 0 Å². The Balaban J connectivity index is 2.23. The van der Waals surface area contributed by atoms with Gasteiger partial charge in [-0.15, -0.1) is 0 Å². The van der Waals surface area contributed by atoms with Gasteiger partial charge in [0.05, 0.1) is 10.7 Å². The highest BCUT2D eigenvalue weighted by atomic mass is 35.5. The Morgan fingerprint density at radius 3 is 2.89 bits per heavy atom. The van der Waals surface area contributed by atoms with Crippen LogP contribution in [0.15, 0.2) is 18.2 Å².